The van der Waals surface area contributed by atoms with Crippen molar-refractivity contribution in [1.82, 2.24) is 78.8 Å². The average Bonchev–Trinajstić information content (AvgIpc) is 1.56. The number of nitrogens with zero attached hydrogens (tertiary/aromatic N) is 12. The van der Waals surface area contributed by atoms with Gasteiger partial charge in [0.25, 0.3) is 23.6 Å². The molecule has 8 aliphatic heterocycles. The van der Waals surface area contributed by atoms with E-state index in [0.717, 1.165) is 120 Å². The second-order valence-corrected chi connectivity index (χ2v) is 37.8. The Labute approximate surface area is 707 Å². The molecule has 0 spiro atoms. The van der Waals surface area contributed by atoms with Crippen molar-refractivity contribution < 1.29 is 80.3 Å². The number of aromatic nitrogens is 8. The van der Waals surface area contributed by atoms with E-state index >= 15 is 0 Å². The van der Waals surface area contributed by atoms with Crippen LogP contribution in [-0.4, -0.2) is 220 Å². The van der Waals surface area contributed by atoms with E-state index in [2.05, 4.69) is 82.8 Å². The fourth-order valence-corrected chi connectivity index (χ4v) is 20.2. The summed E-state index contributed by atoms with van der Waals surface area (Å²) in [5.74, 6) is 6.45. The van der Waals surface area contributed by atoms with Crippen molar-refractivity contribution in [2.24, 2.45) is 0 Å². The highest BCUT2D eigenvalue weighted by Crippen LogP contribution is 2.45. The molecule has 8 aliphatic rings. The third kappa shape index (κ3) is 20.6. The molecule has 0 radical (unpaired) electrons. The predicted octanol–water partition coefficient (Wildman–Crippen LogP) is 15.1. The van der Waals surface area contributed by atoms with Gasteiger partial charge >= 0.3 is 24.7 Å². The lowest BCUT2D eigenvalue weighted by molar-refractivity contribution is -0.139. The summed E-state index contributed by atoms with van der Waals surface area (Å²) in [5.41, 5.74) is 8.75. The smallest absolute Gasteiger partial charge is 0.369 e. The summed E-state index contributed by atoms with van der Waals surface area (Å²) in [4.78, 5) is 63.6. The quantitative estimate of drug-likeness (QED) is 0.0587. The molecule has 36 heteroatoms. The highest BCUT2D eigenvalue weighted by molar-refractivity contribution is 7.98. The van der Waals surface area contributed by atoms with Crippen LogP contribution < -0.4 is 0 Å². The number of benzene rings is 4. The molecule has 123 heavy (non-hydrogen) atoms. The van der Waals surface area contributed by atoms with Gasteiger partial charge in [0, 0.05) is 144 Å². The van der Waals surface area contributed by atoms with Crippen LogP contribution in [0.15, 0.2) is 109 Å². The van der Waals surface area contributed by atoms with Crippen LogP contribution in [0.3, 0.4) is 0 Å². The van der Waals surface area contributed by atoms with Gasteiger partial charge in [-0.05, 0) is 172 Å². The second-order valence-electron chi connectivity index (χ2n) is 32.7. The third-order valence-electron chi connectivity index (χ3n) is 25.3. The summed E-state index contributed by atoms with van der Waals surface area (Å²) < 4.78 is 189. The third-order valence-corrected chi connectivity index (χ3v) is 28.8. The molecular formula is C87H104F12N16O6S2. The maximum Gasteiger partial charge on any atom is 0.416 e. The first-order valence-corrected chi connectivity index (χ1v) is 45.7. The lowest BCUT2D eigenvalue weighted by atomic mass is 9.86. The van der Waals surface area contributed by atoms with Crippen molar-refractivity contribution in [3.05, 3.63) is 222 Å². The van der Waals surface area contributed by atoms with Crippen molar-refractivity contribution in [3.63, 3.8) is 0 Å². The number of carbonyl (C=O) groups is 4. The van der Waals surface area contributed by atoms with Gasteiger partial charge in [-0.15, -0.1) is 0 Å². The van der Waals surface area contributed by atoms with Crippen LogP contribution in [0.5, 0.6) is 0 Å². The van der Waals surface area contributed by atoms with E-state index in [1.807, 2.05) is 11.2 Å². The molecule has 664 valence electrons. The molecule has 8 aromatic rings. The Morgan fingerprint density at radius 3 is 0.935 bits per heavy atom. The maximum atomic E-state index is 13.4. The Morgan fingerprint density at radius 2 is 0.650 bits per heavy atom. The van der Waals surface area contributed by atoms with Gasteiger partial charge in [0.15, 0.2) is 22.8 Å². The van der Waals surface area contributed by atoms with Crippen LogP contribution in [0.2, 0.25) is 0 Å². The molecule has 16 rings (SSSR count). The lowest BCUT2D eigenvalue weighted by Gasteiger charge is -2.33. The van der Waals surface area contributed by atoms with Crippen molar-refractivity contribution in [3.8, 4) is 0 Å². The summed E-state index contributed by atoms with van der Waals surface area (Å²) >= 11 is 0. The number of hydrogen-bond acceptors (Lipinski definition) is 12. The fraction of sp³-hybridized carbons (Fsp3) is 0.494. The topological polar surface area (TPSA) is 243 Å². The molecule has 12 heterocycles. The van der Waals surface area contributed by atoms with Crippen LogP contribution in [0.4, 0.5) is 52.7 Å². The Kier molecular flexibility index (Phi) is 27.8. The summed E-state index contributed by atoms with van der Waals surface area (Å²) in [6.45, 7) is 19.3. The summed E-state index contributed by atoms with van der Waals surface area (Å²) in [6, 6.07) is 22.9. The first kappa shape index (κ1) is 90.9. The van der Waals surface area contributed by atoms with Crippen molar-refractivity contribution >= 4 is 54.8 Å². The Balaban J connectivity index is 0.000000141. The zero-order valence-corrected chi connectivity index (χ0v) is 70.9. The number of likely N-dealkylation sites (tertiary alicyclic amines) is 4. The molecule has 2 unspecified atom stereocenters. The van der Waals surface area contributed by atoms with E-state index in [0.29, 0.717) is 200 Å². The van der Waals surface area contributed by atoms with Gasteiger partial charge in [0.05, 0.1) is 64.7 Å². The lowest BCUT2D eigenvalue weighted by Crippen LogP contribution is -2.40. The summed E-state index contributed by atoms with van der Waals surface area (Å²) in [7, 11) is -4.67. The van der Waals surface area contributed by atoms with E-state index in [1.165, 1.54) is 36.4 Å². The van der Waals surface area contributed by atoms with Crippen LogP contribution in [0, 0.1) is 0 Å². The van der Waals surface area contributed by atoms with Crippen molar-refractivity contribution in [2.75, 3.05) is 97.1 Å². The Bertz CT molecular complexity index is 5350. The molecule has 4 saturated heterocycles. The standard InChI is InChI=1S/C23H27F3N4O.C22H27F3N4O2S.C21H25F3N4O2S.C21H25F3N4O/c1-3-15(2)30-13-10-18-20(14-30)27-28-21(18)22(31)29-11-8-16(9-12-29)17-6-4-5-7-19(17)23(24,25)26;1-3-32(2,31)29-13-10-17-19(14-29)26-27-20(17)21(30)28-11-8-15(9-12-28)16-6-4-5-7-18(16)22(23,24)25;1-31(2,30)28-12-9-16-18(13-28)25-26-19(16)20(29)27-10-7-14(8-11-27)15-5-3-4-6-17(15)21(22,23)24;1-2-27-10-9-16-18(13-27)25-26-19(16)20(29)28-11-7-14(8-12-28)15-5-3-4-6-17(15)21(22,23)24/h4-7,16H,2-3,8-14H2,1H3,(H,27,28);4-7,15H,2-3,8-14H2,1H3,(H,26,27);3-6,14H,1,7-13H2,2H3,(H,25,26);3-6,14H,2,7-13H2,1H3,(H,25,26). The fourth-order valence-electron chi connectivity index (χ4n) is 18.2. The summed E-state index contributed by atoms with van der Waals surface area (Å²) in [5, 5.41) is 28.8. The number of carbonyl (C=O) groups excluding carboxylic acids is 4. The predicted molar refractivity (Wildman–Crippen MR) is 445 cm³/mol. The number of amides is 4. The first-order valence-electron chi connectivity index (χ1n) is 41.7. The number of hydrogen-bond donors (Lipinski definition) is 4. The minimum Gasteiger partial charge on any atom is -0.369 e. The molecule has 4 amide bonds. The monoisotopic (exact) mass is 1760 g/mol. The molecule has 0 bridgehead atoms. The first-order chi connectivity index (χ1) is 58.3. The van der Waals surface area contributed by atoms with Crippen LogP contribution in [0.25, 0.3) is 0 Å². The van der Waals surface area contributed by atoms with E-state index in [9.17, 15) is 80.3 Å². The molecule has 0 saturated carbocycles. The molecule has 22 nitrogen and oxygen atoms in total. The number of allylic oxidation sites excluding steroid dienone is 1. The molecule has 4 fully saturated rings. The van der Waals surface area contributed by atoms with E-state index in [-0.39, 0.29) is 47.3 Å². The Hall–Kier alpha value is -9.78. The second kappa shape index (κ2) is 37.6. The van der Waals surface area contributed by atoms with Gasteiger partial charge in [-0.2, -0.15) is 73.1 Å². The minimum atomic E-state index is -4.39. The zero-order chi connectivity index (χ0) is 88.3. The minimum absolute atomic E-state index is 0.116. The number of halogens is 12. The van der Waals surface area contributed by atoms with Gasteiger partial charge in [0.2, 0.25) is 0 Å². The number of rotatable bonds is 14. The molecular weight excluding hydrogens is 1660 g/mol. The largest absolute Gasteiger partial charge is 0.416 e. The Morgan fingerprint density at radius 1 is 0.382 bits per heavy atom. The van der Waals surface area contributed by atoms with Gasteiger partial charge in [-0.1, -0.05) is 100 Å². The number of fused-ring (bicyclic) bond motifs is 4. The highest BCUT2D eigenvalue weighted by atomic mass is 32.2. The number of alkyl halides is 12. The molecule has 0 aliphatic carbocycles. The van der Waals surface area contributed by atoms with Crippen LogP contribution >= 0.6 is 0 Å². The van der Waals surface area contributed by atoms with Gasteiger partial charge < -0.3 is 24.5 Å². The molecule has 2 atom stereocenters. The number of likely N-dealkylation sites (N-methyl/N-ethyl adjacent to an activating group) is 1. The average molecular weight is 1760 g/mol. The van der Waals surface area contributed by atoms with E-state index < -0.39 is 66.4 Å². The van der Waals surface area contributed by atoms with Crippen molar-refractivity contribution in [1.29, 1.82) is 0 Å². The molecule has 4 aromatic heterocycles. The number of piperidine rings is 4. The van der Waals surface area contributed by atoms with Crippen molar-refractivity contribution in [2.45, 2.75) is 179 Å². The van der Waals surface area contributed by atoms with Gasteiger partial charge in [-0.25, -0.2) is 8.61 Å². The molecule has 4 aromatic carbocycles. The highest BCUT2D eigenvalue weighted by Gasteiger charge is 2.43. The number of H-pyrrole nitrogens is 4. The molecule has 4 N–H and O–H groups in total. The summed E-state index contributed by atoms with van der Waals surface area (Å²) in [6.07, 6.45) is -8.48. The van der Waals surface area contributed by atoms with Crippen LogP contribution in [0.1, 0.15) is 234 Å². The van der Waals surface area contributed by atoms with E-state index in [4.69, 9.17) is 0 Å². The van der Waals surface area contributed by atoms with Gasteiger partial charge in [-0.3, -0.25) is 52.9 Å². The van der Waals surface area contributed by atoms with Gasteiger partial charge in [0.1, 0.15) is 0 Å². The number of nitrogens with one attached hydrogen (secondary N) is 4. The zero-order valence-electron chi connectivity index (χ0n) is 69.3. The normalized spacial score (nSPS) is 19.2. The van der Waals surface area contributed by atoms with E-state index in [1.54, 1.807) is 66.6 Å². The van der Waals surface area contributed by atoms with Crippen LogP contribution in [-0.2, 0) is 96.0 Å². The maximum absolute atomic E-state index is 13.4. The SMILES string of the molecule is C=C(CC)N1CCc2c(C(=O)N3CCC(c4ccccc4C(F)(F)F)CC3)n[nH]c2C1.C=S(=O)(CC)N1CCc2c(C(=O)N3CCC(c4ccccc4C(F)(F)F)CC3)n[nH]c2C1.C=S(C)(=O)N1CCc2c(C(=O)N3CCC(c4ccccc4C(F)(F)F)CC3)n[nH]c2C1.CCN1CCc2c(C(=O)N3CCC(c4ccccc4C(F)(F)F)CC3)n[nH]c2C1. The number of aromatic amines is 4.